The van der Waals surface area contributed by atoms with Crippen LogP contribution in [0.15, 0.2) is 53.4 Å². The van der Waals surface area contributed by atoms with E-state index in [0.29, 0.717) is 23.5 Å². The van der Waals surface area contributed by atoms with Crippen molar-refractivity contribution in [2.24, 2.45) is 5.92 Å². The fourth-order valence-corrected chi connectivity index (χ4v) is 4.59. The van der Waals surface area contributed by atoms with Gasteiger partial charge in [0.1, 0.15) is 5.75 Å². The first-order valence-electron chi connectivity index (χ1n) is 12.0. The molecule has 1 aliphatic carbocycles. The molecule has 36 heavy (non-hydrogen) atoms. The lowest BCUT2D eigenvalue weighted by molar-refractivity contribution is -0.149. The summed E-state index contributed by atoms with van der Waals surface area (Å²) in [6.45, 7) is 2.65. The number of carbonyl (C=O) groups is 3. The summed E-state index contributed by atoms with van der Waals surface area (Å²) in [6.07, 6.45) is 4.17. The average molecular weight is 517 g/mol. The molecule has 0 saturated heterocycles. The Kier molecular flexibility index (Phi) is 9.46. The van der Waals surface area contributed by atoms with Crippen molar-refractivity contribution >= 4 is 27.6 Å². The third-order valence-electron chi connectivity index (χ3n) is 5.95. The standard InChI is InChI=1S/C26H32N2O7S/c1-3-34-26(31)20-6-12-22(13-7-20)35-21-10-4-18(5-11-21)24(29)27-16-17-28-25(30)19-8-14-23(15-9-19)36(2,32)33/h4-5,8-11,14-15,20,22H,3,6-7,12-13,16-17H2,1-2H3,(H,27,29)(H,28,30). The summed E-state index contributed by atoms with van der Waals surface area (Å²) >= 11 is 0. The Labute approximate surface area is 211 Å². The number of rotatable bonds is 10. The van der Waals surface area contributed by atoms with Gasteiger partial charge in [0.2, 0.25) is 0 Å². The monoisotopic (exact) mass is 516 g/mol. The molecule has 0 atom stereocenters. The summed E-state index contributed by atoms with van der Waals surface area (Å²) in [5, 5.41) is 5.43. The summed E-state index contributed by atoms with van der Waals surface area (Å²) in [5.74, 6) is -0.152. The van der Waals surface area contributed by atoms with Crippen LogP contribution in [0, 0.1) is 5.92 Å². The van der Waals surface area contributed by atoms with Gasteiger partial charge in [0.15, 0.2) is 9.84 Å². The average Bonchev–Trinajstić information content (AvgIpc) is 2.87. The zero-order valence-corrected chi connectivity index (χ0v) is 21.3. The number of sulfone groups is 1. The summed E-state index contributed by atoms with van der Waals surface area (Å²) < 4.78 is 34.1. The van der Waals surface area contributed by atoms with Crippen LogP contribution in [0.1, 0.15) is 53.3 Å². The second-order valence-corrected chi connectivity index (χ2v) is 10.7. The van der Waals surface area contributed by atoms with Crippen molar-refractivity contribution in [3.05, 3.63) is 59.7 Å². The van der Waals surface area contributed by atoms with Crippen LogP contribution in [-0.2, 0) is 19.4 Å². The van der Waals surface area contributed by atoms with Gasteiger partial charge in [-0.15, -0.1) is 0 Å². The minimum atomic E-state index is -3.32. The van der Waals surface area contributed by atoms with Gasteiger partial charge >= 0.3 is 5.97 Å². The van der Waals surface area contributed by atoms with Crippen LogP contribution in [0.25, 0.3) is 0 Å². The van der Waals surface area contributed by atoms with E-state index in [4.69, 9.17) is 9.47 Å². The van der Waals surface area contributed by atoms with Gasteiger partial charge in [-0.3, -0.25) is 14.4 Å². The van der Waals surface area contributed by atoms with Crippen molar-refractivity contribution < 1.29 is 32.3 Å². The van der Waals surface area contributed by atoms with Gasteiger partial charge in [-0.25, -0.2) is 8.42 Å². The Morgan fingerprint density at radius 2 is 1.33 bits per heavy atom. The molecular weight excluding hydrogens is 484 g/mol. The molecule has 194 valence electrons. The number of carbonyl (C=O) groups excluding carboxylic acids is 3. The molecule has 1 fully saturated rings. The first-order chi connectivity index (χ1) is 17.2. The highest BCUT2D eigenvalue weighted by molar-refractivity contribution is 7.90. The third-order valence-corrected chi connectivity index (χ3v) is 7.08. The predicted molar refractivity (Wildman–Crippen MR) is 134 cm³/mol. The van der Waals surface area contributed by atoms with E-state index in [-0.39, 0.29) is 47.8 Å². The number of hydrogen-bond donors (Lipinski definition) is 2. The van der Waals surface area contributed by atoms with Gasteiger partial charge in [0.05, 0.1) is 23.5 Å². The van der Waals surface area contributed by atoms with E-state index < -0.39 is 9.84 Å². The summed E-state index contributed by atoms with van der Waals surface area (Å²) in [4.78, 5) is 36.6. The molecule has 2 N–H and O–H groups in total. The SMILES string of the molecule is CCOC(=O)C1CCC(Oc2ccc(C(=O)NCCNC(=O)c3ccc(S(C)(=O)=O)cc3)cc2)CC1. The van der Waals surface area contributed by atoms with E-state index in [9.17, 15) is 22.8 Å². The lowest BCUT2D eigenvalue weighted by Crippen LogP contribution is -2.34. The normalized spacial score (nSPS) is 17.6. The molecule has 2 aromatic carbocycles. The summed E-state index contributed by atoms with van der Waals surface area (Å²) in [5.41, 5.74) is 0.801. The van der Waals surface area contributed by atoms with Crippen molar-refractivity contribution in [2.45, 2.75) is 43.6 Å². The molecule has 3 rings (SSSR count). The molecule has 0 radical (unpaired) electrons. The van der Waals surface area contributed by atoms with Crippen LogP contribution in [0.3, 0.4) is 0 Å². The molecular formula is C26H32N2O7S. The highest BCUT2D eigenvalue weighted by Gasteiger charge is 2.28. The smallest absolute Gasteiger partial charge is 0.308 e. The lowest BCUT2D eigenvalue weighted by Gasteiger charge is -2.27. The Hall–Kier alpha value is -3.40. The molecule has 10 heteroatoms. The molecule has 0 aliphatic heterocycles. The van der Waals surface area contributed by atoms with E-state index in [2.05, 4.69) is 10.6 Å². The molecule has 2 amide bonds. The summed E-state index contributed by atoms with van der Waals surface area (Å²) in [7, 11) is -3.32. The minimum absolute atomic E-state index is 0.0292. The highest BCUT2D eigenvalue weighted by atomic mass is 32.2. The van der Waals surface area contributed by atoms with E-state index in [1.54, 1.807) is 31.2 Å². The van der Waals surface area contributed by atoms with E-state index in [1.165, 1.54) is 24.3 Å². The van der Waals surface area contributed by atoms with Gasteiger partial charge in [0, 0.05) is 30.5 Å². The Balaban J connectivity index is 1.38. The molecule has 0 unspecified atom stereocenters. The maximum atomic E-state index is 12.4. The predicted octanol–water partition coefficient (Wildman–Crippen LogP) is 2.75. The second-order valence-electron chi connectivity index (χ2n) is 8.68. The van der Waals surface area contributed by atoms with Gasteiger partial charge in [-0.1, -0.05) is 0 Å². The van der Waals surface area contributed by atoms with Crippen LogP contribution in [0.2, 0.25) is 0 Å². The molecule has 0 aromatic heterocycles. The first-order valence-corrected chi connectivity index (χ1v) is 13.9. The van der Waals surface area contributed by atoms with Crippen molar-refractivity contribution in [3.8, 4) is 5.75 Å². The van der Waals surface area contributed by atoms with Crippen molar-refractivity contribution in [1.82, 2.24) is 10.6 Å². The van der Waals surface area contributed by atoms with Gasteiger partial charge in [-0.2, -0.15) is 0 Å². The number of amides is 2. The zero-order chi connectivity index (χ0) is 26.1. The van der Waals surface area contributed by atoms with Gasteiger partial charge in [-0.05, 0) is 81.1 Å². The van der Waals surface area contributed by atoms with Crippen LogP contribution in [0.4, 0.5) is 0 Å². The molecule has 2 aromatic rings. The molecule has 1 aliphatic rings. The topological polar surface area (TPSA) is 128 Å². The number of ether oxygens (including phenoxy) is 2. The minimum Gasteiger partial charge on any atom is -0.490 e. The maximum absolute atomic E-state index is 12.4. The zero-order valence-electron chi connectivity index (χ0n) is 20.5. The maximum Gasteiger partial charge on any atom is 0.308 e. The fraction of sp³-hybridized carbons (Fsp3) is 0.423. The van der Waals surface area contributed by atoms with Crippen LogP contribution in [0.5, 0.6) is 5.75 Å². The van der Waals surface area contributed by atoms with Crippen molar-refractivity contribution in [1.29, 1.82) is 0 Å². The Bertz CT molecular complexity index is 1150. The summed E-state index contributed by atoms with van der Waals surface area (Å²) in [6, 6.07) is 12.5. The van der Waals surface area contributed by atoms with Gasteiger partial charge in [0.25, 0.3) is 11.8 Å². The largest absolute Gasteiger partial charge is 0.490 e. The van der Waals surface area contributed by atoms with Crippen LogP contribution >= 0.6 is 0 Å². The molecule has 9 nitrogen and oxygen atoms in total. The van der Waals surface area contributed by atoms with Crippen molar-refractivity contribution in [3.63, 3.8) is 0 Å². The Morgan fingerprint density at radius 3 is 1.81 bits per heavy atom. The number of esters is 1. The molecule has 0 spiro atoms. The highest BCUT2D eigenvalue weighted by Crippen LogP contribution is 2.28. The third kappa shape index (κ3) is 7.81. The van der Waals surface area contributed by atoms with E-state index in [0.717, 1.165) is 31.9 Å². The van der Waals surface area contributed by atoms with Crippen LogP contribution < -0.4 is 15.4 Å². The lowest BCUT2D eigenvalue weighted by atomic mass is 9.87. The van der Waals surface area contributed by atoms with E-state index >= 15 is 0 Å². The second kappa shape index (κ2) is 12.5. The molecule has 0 bridgehead atoms. The van der Waals surface area contributed by atoms with Crippen LogP contribution in [-0.4, -0.2) is 58.3 Å². The number of hydrogen-bond acceptors (Lipinski definition) is 7. The molecule has 1 saturated carbocycles. The number of nitrogens with one attached hydrogen (secondary N) is 2. The molecule has 0 heterocycles. The Morgan fingerprint density at radius 1 is 0.833 bits per heavy atom. The quantitative estimate of drug-likeness (QED) is 0.367. The van der Waals surface area contributed by atoms with Gasteiger partial charge < -0.3 is 20.1 Å². The van der Waals surface area contributed by atoms with E-state index in [1.807, 2.05) is 0 Å². The first kappa shape index (κ1) is 27.2. The van der Waals surface area contributed by atoms with Crippen molar-refractivity contribution in [2.75, 3.05) is 26.0 Å². The number of benzene rings is 2. The fourth-order valence-electron chi connectivity index (χ4n) is 3.96.